The lowest BCUT2D eigenvalue weighted by molar-refractivity contribution is -0.158. The van der Waals surface area contributed by atoms with Crippen LogP contribution in [0.4, 0.5) is 0 Å². The number of carbonyl (C=O) groups is 1. The van der Waals surface area contributed by atoms with Gasteiger partial charge in [0.05, 0.1) is 5.41 Å². The molecule has 0 aliphatic rings. The van der Waals surface area contributed by atoms with Gasteiger partial charge in [-0.2, -0.15) is 0 Å². The van der Waals surface area contributed by atoms with E-state index in [0.29, 0.717) is 12.5 Å². The Balaban J connectivity index is 0. The van der Waals surface area contributed by atoms with Crippen LogP contribution in [0.1, 0.15) is 54.4 Å². The van der Waals surface area contributed by atoms with Crippen LogP contribution in [0.15, 0.2) is 37.5 Å². The topological polar surface area (TPSA) is 26.3 Å². The molecule has 0 aromatic rings. The van der Waals surface area contributed by atoms with E-state index in [2.05, 4.69) is 47.4 Å². The van der Waals surface area contributed by atoms with Gasteiger partial charge in [-0.3, -0.25) is 4.79 Å². The van der Waals surface area contributed by atoms with Crippen LogP contribution in [-0.4, -0.2) is 12.6 Å². The zero-order valence-corrected chi connectivity index (χ0v) is 14.9. The molecule has 2 nitrogen and oxygen atoms in total. The molecule has 0 rings (SSSR count). The summed E-state index contributed by atoms with van der Waals surface area (Å²) in [4.78, 5) is 12.4. The van der Waals surface area contributed by atoms with E-state index in [-0.39, 0.29) is 11.9 Å². The highest BCUT2D eigenvalue weighted by molar-refractivity contribution is 5.77. The Hall–Kier alpha value is -1.31. The Labute approximate surface area is 132 Å². The van der Waals surface area contributed by atoms with Crippen molar-refractivity contribution >= 4 is 5.97 Å². The summed E-state index contributed by atoms with van der Waals surface area (Å²) in [6, 6.07) is 0. The lowest BCUT2D eigenvalue weighted by atomic mass is 9.72. The van der Waals surface area contributed by atoms with Crippen LogP contribution >= 0.6 is 0 Å². The number of hydrogen-bond donors (Lipinski definition) is 0. The predicted octanol–water partition coefficient (Wildman–Crippen LogP) is 5.56. The maximum atomic E-state index is 12.4. The predicted molar refractivity (Wildman–Crippen MR) is 93.2 cm³/mol. The van der Waals surface area contributed by atoms with Crippen molar-refractivity contribution in [3.05, 3.63) is 37.5 Å². The third kappa shape index (κ3) is 7.31. The van der Waals surface area contributed by atoms with Gasteiger partial charge in [0.25, 0.3) is 0 Å². The van der Waals surface area contributed by atoms with Crippen molar-refractivity contribution in [2.24, 2.45) is 17.3 Å². The van der Waals surface area contributed by atoms with Crippen LogP contribution in [0.25, 0.3) is 0 Å². The van der Waals surface area contributed by atoms with Gasteiger partial charge in [0.1, 0.15) is 6.61 Å². The zero-order valence-electron chi connectivity index (χ0n) is 14.9. The molecule has 0 amide bonds. The van der Waals surface area contributed by atoms with Gasteiger partial charge in [-0.25, -0.2) is 0 Å². The number of esters is 1. The molecule has 21 heavy (non-hydrogen) atoms. The molecule has 0 fully saturated rings. The molecule has 0 N–H and O–H groups in total. The maximum Gasteiger partial charge on any atom is 0.312 e. The molecule has 0 aromatic heterocycles. The number of hydrogen-bond acceptors (Lipinski definition) is 2. The van der Waals surface area contributed by atoms with Gasteiger partial charge >= 0.3 is 5.97 Å². The number of carbonyl (C=O) groups excluding carboxylic acids is 1. The van der Waals surface area contributed by atoms with E-state index >= 15 is 0 Å². The van der Waals surface area contributed by atoms with Crippen LogP contribution < -0.4 is 0 Å². The molecule has 0 aromatic carbocycles. The first kappa shape index (κ1) is 22.0. The van der Waals surface area contributed by atoms with Crippen molar-refractivity contribution in [3.63, 3.8) is 0 Å². The molecule has 0 aliphatic heterocycles. The minimum atomic E-state index is -0.407. The summed E-state index contributed by atoms with van der Waals surface area (Å²) in [5.74, 6) is 0.705. The van der Waals surface area contributed by atoms with E-state index in [1.807, 2.05) is 19.9 Å². The van der Waals surface area contributed by atoms with Crippen LogP contribution in [-0.2, 0) is 9.53 Å². The van der Waals surface area contributed by atoms with Gasteiger partial charge in [0.2, 0.25) is 0 Å². The molecule has 0 saturated heterocycles. The third-order valence-corrected chi connectivity index (χ3v) is 4.21. The molecule has 0 saturated carbocycles. The van der Waals surface area contributed by atoms with E-state index in [9.17, 15) is 4.79 Å². The Morgan fingerprint density at radius 3 is 2.14 bits per heavy atom. The van der Waals surface area contributed by atoms with Gasteiger partial charge in [-0.05, 0) is 37.7 Å². The number of allylic oxidation sites excluding steroid dienone is 1. The van der Waals surface area contributed by atoms with Crippen molar-refractivity contribution in [2.45, 2.75) is 54.4 Å². The van der Waals surface area contributed by atoms with Gasteiger partial charge in [-0.15, -0.1) is 13.2 Å². The third-order valence-electron chi connectivity index (χ3n) is 4.21. The standard InChI is InChI=1S/C17H30O2.C2H4/c1-8-14(6)11-17(7,13(4)5)16(18)19-12-15(9-2)10-3;1-2/h9-10,13-14H,2,8,11-12H2,1,3-7H3;1-2H2/b15-10+;. The maximum absolute atomic E-state index is 12.4. The van der Waals surface area contributed by atoms with E-state index < -0.39 is 5.41 Å². The normalized spacial score (nSPS) is 15.5. The monoisotopic (exact) mass is 294 g/mol. The first-order chi connectivity index (χ1) is 9.81. The summed E-state index contributed by atoms with van der Waals surface area (Å²) in [6.45, 7) is 22.5. The Bertz CT molecular complexity index is 341. The van der Waals surface area contributed by atoms with Crippen molar-refractivity contribution in [1.29, 1.82) is 0 Å². The van der Waals surface area contributed by atoms with Crippen molar-refractivity contribution in [2.75, 3.05) is 6.61 Å². The molecule has 0 bridgehead atoms. The smallest absolute Gasteiger partial charge is 0.312 e. The van der Waals surface area contributed by atoms with E-state index in [4.69, 9.17) is 4.74 Å². The van der Waals surface area contributed by atoms with Gasteiger partial charge < -0.3 is 4.74 Å². The molecule has 0 heterocycles. The second-order valence-corrected chi connectivity index (χ2v) is 5.93. The van der Waals surface area contributed by atoms with Crippen molar-refractivity contribution in [1.82, 2.24) is 0 Å². The minimum absolute atomic E-state index is 0.0935. The lowest BCUT2D eigenvalue weighted by Gasteiger charge is -2.33. The summed E-state index contributed by atoms with van der Waals surface area (Å²) in [7, 11) is 0. The molecule has 2 atom stereocenters. The van der Waals surface area contributed by atoms with Gasteiger partial charge in [-0.1, -0.05) is 52.8 Å². The Kier molecular flexibility index (Phi) is 11.9. The average molecular weight is 294 g/mol. The Morgan fingerprint density at radius 2 is 1.81 bits per heavy atom. The first-order valence-corrected chi connectivity index (χ1v) is 7.76. The SMILES string of the molecule is C=C.C=C/C(=C\C)COC(=O)C(C)(CC(C)CC)C(C)C. The van der Waals surface area contributed by atoms with Gasteiger partial charge in [0.15, 0.2) is 0 Å². The van der Waals surface area contributed by atoms with Crippen molar-refractivity contribution in [3.8, 4) is 0 Å². The largest absolute Gasteiger partial charge is 0.460 e. The quantitative estimate of drug-likeness (QED) is 0.333. The van der Waals surface area contributed by atoms with E-state index in [0.717, 1.165) is 18.4 Å². The first-order valence-electron chi connectivity index (χ1n) is 7.76. The molecule has 2 heteroatoms. The van der Waals surface area contributed by atoms with Crippen LogP contribution in [0.3, 0.4) is 0 Å². The van der Waals surface area contributed by atoms with Crippen LogP contribution in [0, 0.1) is 17.3 Å². The molecular weight excluding hydrogens is 260 g/mol. The summed E-state index contributed by atoms with van der Waals surface area (Å²) in [6.07, 6.45) is 5.61. The summed E-state index contributed by atoms with van der Waals surface area (Å²) in [5, 5.41) is 0. The van der Waals surface area contributed by atoms with Crippen LogP contribution in [0.5, 0.6) is 0 Å². The summed E-state index contributed by atoms with van der Waals surface area (Å²) < 4.78 is 5.48. The van der Waals surface area contributed by atoms with Crippen molar-refractivity contribution < 1.29 is 9.53 Å². The number of ether oxygens (including phenoxy) is 1. The second kappa shape index (κ2) is 11.4. The highest BCUT2D eigenvalue weighted by Gasteiger charge is 2.39. The molecule has 0 spiro atoms. The second-order valence-electron chi connectivity index (χ2n) is 5.93. The highest BCUT2D eigenvalue weighted by Crippen LogP contribution is 2.36. The zero-order chi connectivity index (χ0) is 17.1. The number of rotatable bonds is 8. The van der Waals surface area contributed by atoms with E-state index in [1.165, 1.54) is 0 Å². The fourth-order valence-corrected chi connectivity index (χ4v) is 2.00. The van der Waals surface area contributed by atoms with E-state index in [1.54, 1.807) is 6.08 Å². The molecule has 0 aliphatic carbocycles. The molecular formula is C19H34O2. The minimum Gasteiger partial charge on any atom is -0.460 e. The summed E-state index contributed by atoms with van der Waals surface area (Å²) in [5.41, 5.74) is 0.540. The van der Waals surface area contributed by atoms with Gasteiger partial charge in [0, 0.05) is 0 Å². The fourth-order valence-electron chi connectivity index (χ4n) is 2.00. The fraction of sp³-hybridized carbons (Fsp3) is 0.632. The lowest BCUT2D eigenvalue weighted by Crippen LogP contribution is -2.37. The average Bonchev–Trinajstić information content (AvgIpc) is 2.49. The van der Waals surface area contributed by atoms with Crippen LogP contribution in [0.2, 0.25) is 0 Å². The molecule has 2 unspecified atom stereocenters. The highest BCUT2D eigenvalue weighted by atomic mass is 16.5. The molecule has 122 valence electrons. The molecule has 0 radical (unpaired) electrons. The Morgan fingerprint density at radius 1 is 1.29 bits per heavy atom. The summed E-state index contributed by atoms with van der Waals surface area (Å²) >= 11 is 0.